The lowest BCUT2D eigenvalue weighted by atomic mass is 10.0. The lowest BCUT2D eigenvalue weighted by Gasteiger charge is -2.29. The Balaban J connectivity index is 3.92. The Labute approximate surface area is 468 Å². The summed E-state index contributed by atoms with van der Waals surface area (Å²) in [4.78, 5) is 25.5. The zero-order valence-corrected chi connectivity index (χ0v) is 51.9. The average molecular weight is 1080 g/mol. The highest BCUT2D eigenvalue weighted by atomic mass is 31.2. The Hall–Kier alpha value is -1.02. The summed E-state index contributed by atoms with van der Waals surface area (Å²) in [6.07, 6.45) is 74.6. The molecular formula is C66H131N2O6P. The van der Waals surface area contributed by atoms with Gasteiger partial charge in [0.2, 0.25) is 5.91 Å². The van der Waals surface area contributed by atoms with Crippen LogP contribution in [0.2, 0.25) is 0 Å². The number of phosphoric acid groups is 1. The number of rotatable bonds is 62. The third-order valence-corrected chi connectivity index (χ3v) is 16.4. The molecule has 0 saturated carbocycles. The lowest BCUT2D eigenvalue weighted by Crippen LogP contribution is -2.45. The summed E-state index contributed by atoms with van der Waals surface area (Å²) >= 11 is 0. The first-order valence-corrected chi connectivity index (χ1v) is 34.7. The van der Waals surface area contributed by atoms with Crippen molar-refractivity contribution >= 4 is 13.7 Å². The second kappa shape index (κ2) is 57.7. The normalized spacial score (nSPS) is 13.9. The summed E-state index contributed by atoms with van der Waals surface area (Å²) in [5.74, 6) is -0.200. The van der Waals surface area contributed by atoms with E-state index in [1.54, 1.807) is 6.08 Å². The van der Waals surface area contributed by atoms with Gasteiger partial charge in [-0.15, -0.1) is 0 Å². The molecule has 9 heteroatoms. The molecule has 0 heterocycles. The van der Waals surface area contributed by atoms with Gasteiger partial charge in [0.15, 0.2) is 0 Å². The van der Waals surface area contributed by atoms with Crippen LogP contribution in [0.1, 0.15) is 341 Å². The highest BCUT2D eigenvalue weighted by molar-refractivity contribution is 7.45. The zero-order chi connectivity index (χ0) is 54.9. The van der Waals surface area contributed by atoms with Crippen molar-refractivity contribution in [3.05, 3.63) is 24.3 Å². The van der Waals surface area contributed by atoms with E-state index >= 15 is 0 Å². The van der Waals surface area contributed by atoms with Gasteiger partial charge in [-0.1, -0.05) is 327 Å². The van der Waals surface area contributed by atoms with Gasteiger partial charge in [0.05, 0.1) is 39.9 Å². The van der Waals surface area contributed by atoms with Crippen molar-refractivity contribution in [1.82, 2.24) is 5.32 Å². The van der Waals surface area contributed by atoms with Crippen molar-refractivity contribution in [2.45, 2.75) is 353 Å². The smallest absolute Gasteiger partial charge is 0.268 e. The molecule has 0 bridgehead atoms. The fraction of sp³-hybridized carbons (Fsp3) is 0.924. The molecule has 2 N–H and O–H groups in total. The van der Waals surface area contributed by atoms with Crippen LogP contribution >= 0.6 is 7.82 Å². The molecule has 0 aliphatic rings. The first-order chi connectivity index (χ1) is 36.5. The van der Waals surface area contributed by atoms with E-state index in [-0.39, 0.29) is 19.1 Å². The Morgan fingerprint density at radius 3 is 1.08 bits per heavy atom. The van der Waals surface area contributed by atoms with Crippen LogP contribution in [0.15, 0.2) is 24.3 Å². The van der Waals surface area contributed by atoms with E-state index in [0.717, 1.165) is 38.5 Å². The van der Waals surface area contributed by atoms with Crippen LogP contribution < -0.4 is 10.2 Å². The molecular weight excluding hydrogens is 948 g/mol. The Morgan fingerprint density at radius 2 is 0.747 bits per heavy atom. The third kappa shape index (κ3) is 60.5. The minimum Gasteiger partial charge on any atom is -0.756 e. The fourth-order valence-electron chi connectivity index (χ4n) is 10.2. The van der Waals surface area contributed by atoms with Gasteiger partial charge in [0.25, 0.3) is 7.82 Å². The van der Waals surface area contributed by atoms with Crippen molar-refractivity contribution in [3.63, 3.8) is 0 Å². The number of nitrogens with one attached hydrogen (secondary N) is 1. The number of nitrogens with zero attached hydrogens (tertiary/aromatic N) is 1. The number of phosphoric ester groups is 1. The first-order valence-electron chi connectivity index (χ1n) is 33.2. The number of carbonyl (C=O) groups is 1. The molecule has 0 aromatic heterocycles. The number of carbonyl (C=O) groups excluding carboxylic acids is 1. The largest absolute Gasteiger partial charge is 0.756 e. The highest BCUT2D eigenvalue weighted by Gasteiger charge is 2.23. The molecule has 0 aliphatic heterocycles. The molecule has 0 fully saturated rings. The molecule has 0 aromatic carbocycles. The van der Waals surface area contributed by atoms with Gasteiger partial charge < -0.3 is 28.8 Å². The molecule has 0 spiro atoms. The van der Waals surface area contributed by atoms with E-state index in [1.807, 2.05) is 27.2 Å². The SMILES string of the molecule is CCCCCCCCCCCC/C=C/CC/C=C/C(O)C(COP(=O)([O-])OCC[N+](C)(C)C)NC(=O)CCCCCCCCCCCCCCCCCCCCCCCCCCCCCCCCCCCCCCC. The summed E-state index contributed by atoms with van der Waals surface area (Å²) in [5.41, 5.74) is 0. The quantitative estimate of drug-likeness (QED) is 0.0272. The number of hydrogen-bond donors (Lipinski definition) is 2. The van der Waals surface area contributed by atoms with Crippen LogP contribution in [0.3, 0.4) is 0 Å². The van der Waals surface area contributed by atoms with Crippen LogP contribution in [0.25, 0.3) is 0 Å². The van der Waals surface area contributed by atoms with Gasteiger partial charge in [-0.3, -0.25) is 9.36 Å². The molecule has 8 nitrogen and oxygen atoms in total. The molecule has 0 saturated heterocycles. The summed E-state index contributed by atoms with van der Waals surface area (Å²) in [7, 11) is 1.26. The summed E-state index contributed by atoms with van der Waals surface area (Å²) < 4.78 is 23.4. The van der Waals surface area contributed by atoms with Crippen LogP contribution in [-0.2, 0) is 18.4 Å². The molecule has 0 rings (SSSR count). The summed E-state index contributed by atoms with van der Waals surface area (Å²) in [6, 6.07) is -0.900. The van der Waals surface area contributed by atoms with Crippen molar-refractivity contribution in [1.29, 1.82) is 0 Å². The van der Waals surface area contributed by atoms with Crippen molar-refractivity contribution in [3.8, 4) is 0 Å². The van der Waals surface area contributed by atoms with Crippen molar-refractivity contribution < 1.29 is 32.9 Å². The number of hydrogen-bond acceptors (Lipinski definition) is 6. The first kappa shape index (κ1) is 74.0. The van der Waals surface area contributed by atoms with Gasteiger partial charge in [-0.25, -0.2) is 0 Å². The number of allylic oxidation sites excluding steroid dienone is 3. The average Bonchev–Trinajstić information content (AvgIpc) is 3.37. The van der Waals surface area contributed by atoms with Crippen molar-refractivity contribution in [2.75, 3.05) is 40.9 Å². The Morgan fingerprint density at radius 1 is 0.453 bits per heavy atom. The number of aliphatic hydroxyl groups excluding tert-OH is 1. The number of amides is 1. The topological polar surface area (TPSA) is 108 Å². The number of aliphatic hydroxyl groups is 1. The van der Waals surface area contributed by atoms with E-state index < -0.39 is 20.0 Å². The molecule has 3 atom stereocenters. The summed E-state index contributed by atoms with van der Waals surface area (Å²) in [5, 5.41) is 13.9. The molecule has 1 amide bonds. The number of unbranched alkanes of at least 4 members (excludes halogenated alkanes) is 47. The molecule has 0 aromatic rings. The summed E-state index contributed by atoms with van der Waals surface area (Å²) in [6.45, 7) is 4.67. The lowest BCUT2D eigenvalue weighted by molar-refractivity contribution is -0.870. The molecule has 3 unspecified atom stereocenters. The maximum atomic E-state index is 13.0. The monoisotopic (exact) mass is 1080 g/mol. The maximum Gasteiger partial charge on any atom is 0.268 e. The van der Waals surface area contributed by atoms with Crippen LogP contribution in [-0.4, -0.2) is 68.5 Å². The highest BCUT2D eigenvalue weighted by Crippen LogP contribution is 2.38. The molecule has 75 heavy (non-hydrogen) atoms. The van der Waals surface area contributed by atoms with Crippen LogP contribution in [0.5, 0.6) is 0 Å². The molecule has 0 radical (unpaired) electrons. The van der Waals surface area contributed by atoms with E-state index in [2.05, 4.69) is 31.3 Å². The van der Waals surface area contributed by atoms with E-state index in [9.17, 15) is 19.4 Å². The number of likely N-dealkylation sites (N-methyl/N-ethyl adjacent to an activating group) is 1. The van der Waals surface area contributed by atoms with Crippen molar-refractivity contribution in [2.24, 2.45) is 0 Å². The second-order valence-corrected chi connectivity index (χ2v) is 25.6. The second-order valence-electron chi connectivity index (χ2n) is 24.2. The minimum atomic E-state index is -4.60. The van der Waals surface area contributed by atoms with Gasteiger partial charge in [-0.05, 0) is 32.1 Å². The maximum absolute atomic E-state index is 13.0. The molecule has 446 valence electrons. The van der Waals surface area contributed by atoms with Gasteiger partial charge in [-0.2, -0.15) is 0 Å². The fourth-order valence-corrected chi connectivity index (χ4v) is 11.0. The standard InChI is InChI=1S/C66H131N2O6P/c1-6-8-10-12-14-16-18-20-22-24-25-26-27-28-29-30-31-32-33-34-35-36-37-38-39-40-41-42-43-44-46-48-50-52-54-56-58-60-66(70)67-64(63-74-75(71,72)73-62-61-68(3,4)5)65(69)59-57-55-53-51-49-47-45-23-21-19-17-15-13-11-9-7-2/h49,51,57,59,64-65,69H,6-48,50,52-56,58,60-63H2,1-5H3,(H-,67,70,71,72)/b51-49+,59-57+. The van der Waals surface area contributed by atoms with Crippen LogP contribution in [0.4, 0.5) is 0 Å². The molecule has 0 aliphatic carbocycles. The van der Waals surface area contributed by atoms with Gasteiger partial charge in [0.1, 0.15) is 13.2 Å². The Bertz CT molecular complexity index is 1270. The van der Waals surface area contributed by atoms with Gasteiger partial charge >= 0.3 is 0 Å². The minimum absolute atomic E-state index is 0.00373. The third-order valence-electron chi connectivity index (χ3n) is 15.4. The van der Waals surface area contributed by atoms with Gasteiger partial charge in [0, 0.05) is 6.42 Å². The predicted octanol–water partition coefficient (Wildman–Crippen LogP) is 20.1. The van der Waals surface area contributed by atoms with E-state index in [0.29, 0.717) is 17.4 Å². The Kier molecular flexibility index (Phi) is 56.9. The van der Waals surface area contributed by atoms with E-state index in [4.69, 9.17) is 9.05 Å². The predicted molar refractivity (Wildman–Crippen MR) is 325 cm³/mol. The van der Waals surface area contributed by atoms with E-state index in [1.165, 1.54) is 283 Å². The zero-order valence-electron chi connectivity index (χ0n) is 51.0. The number of quaternary nitrogens is 1. The van der Waals surface area contributed by atoms with Crippen LogP contribution in [0, 0.1) is 0 Å².